The van der Waals surface area contributed by atoms with Crippen LogP contribution in [0.15, 0.2) is 72.8 Å². The number of anilines is 1. The van der Waals surface area contributed by atoms with Crippen LogP contribution in [0.3, 0.4) is 0 Å². The van der Waals surface area contributed by atoms with E-state index in [0.29, 0.717) is 34.9 Å². The second-order valence-corrected chi connectivity index (χ2v) is 8.88. The molecule has 164 valence electrons. The molecule has 32 heavy (non-hydrogen) atoms. The van der Waals surface area contributed by atoms with Crippen molar-refractivity contribution >= 4 is 40.6 Å². The third-order valence-electron chi connectivity index (χ3n) is 5.75. The van der Waals surface area contributed by atoms with Crippen molar-refractivity contribution in [2.45, 2.75) is 19.4 Å². The zero-order valence-electron chi connectivity index (χ0n) is 17.6. The lowest BCUT2D eigenvalue weighted by Gasteiger charge is -2.32. The SMILES string of the molecule is O=C(c1ccccc1)c1cc(Cl)ccc1NC(=O)C1CCCN(Cc2ccccc2Cl)C1. The molecule has 1 aliphatic rings. The standard InChI is InChI=1S/C26H24Cl2N2O2/c27-21-12-13-24(22(15-21)25(31)18-7-2-1-3-8-18)29-26(32)20-10-6-14-30(17-20)16-19-9-4-5-11-23(19)28/h1-5,7-9,11-13,15,20H,6,10,14,16-17H2,(H,29,32). The number of carbonyl (C=O) groups excluding carboxylic acids is 2. The number of ketones is 1. The molecule has 1 aliphatic heterocycles. The van der Waals surface area contributed by atoms with E-state index in [1.54, 1.807) is 30.3 Å². The molecule has 4 rings (SSSR count). The highest BCUT2D eigenvalue weighted by atomic mass is 35.5. The van der Waals surface area contributed by atoms with Crippen LogP contribution in [0.4, 0.5) is 5.69 Å². The normalized spacial score (nSPS) is 16.5. The zero-order chi connectivity index (χ0) is 22.5. The van der Waals surface area contributed by atoms with E-state index in [0.717, 1.165) is 30.0 Å². The van der Waals surface area contributed by atoms with E-state index in [1.807, 2.05) is 42.5 Å². The highest BCUT2D eigenvalue weighted by Gasteiger charge is 2.27. The summed E-state index contributed by atoms with van der Waals surface area (Å²) in [5, 5.41) is 4.17. The van der Waals surface area contributed by atoms with Crippen molar-refractivity contribution in [3.05, 3.63) is 99.5 Å². The summed E-state index contributed by atoms with van der Waals surface area (Å²) in [7, 11) is 0. The van der Waals surface area contributed by atoms with Crippen molar-refractivity contribution in [3.8, 4) is 0 Å². The highest BCUT2D eigenvalue weighted by Crippen LogP contribution is 2.27. The Morgan fingerprint density at radius 2 is 1.72 bits per heavy atom. The summed E-state index contributed by atoms with van der Waals surface area (Å²) in [6.07, 6.45) is 1.74. The molecular weight excluding hydrogens is 443 g/mol. The number of nitrogens with zero attached hydrogens (tertiary/aromatic N) is 1. The maximum absolute atomic E-state index is 13.1. The number of piperidine rings is 1. The molecule has 1 heterocycles. The molecule has 4 nitrogen and oxygen atoms in total. The molecule has 0 spiro atoms. The summed E-state index contributed by atoms with van der Waals surface area (Å²) in [5.41, 5.74) is 2.48. The molecule has 3 aromatic carbocycles. The van der Waals surface area contributed by atoms with Crippen LogP contribution in [0.1, 0.15) is 34.3 Å². The van der Waals surface area contributed by atoms with Crippen molar-refractivity contribution in [2.24, 2.45) is 5.92 Å². The van der Waals surface area contributed by atoms with Gasteiger partial charge in [0.2, 0.25) is 5.91 Å². The van der Waals surface area contributed by atoms with Gasteiger partial charge in [-0.25, -0.2) is 0 Å². The van der Waals surface area contributed by atoms with Crippen molar-refractivity contribution in [1.29, 1.82) is 0 Å². The predicted octanol–water partition coefficient (Wildman–Crippen LogP) is 6.08. The Balaban J connectivity index is 1.48. The van der Waals surface area contributed by atoms with Gasteiger partial charge in [0, 0.05) is 34.3 Å². The average molecular weight is 467 g/mol. The van der Waals surface area contributed by atoms with Gasteiger partial charge in [-0.15, -0.1) is 0 Å². The minimum absolute atomic E-state index is 0.0849. The fourth-order valence-electron chi connectivity index (χ4n) is 4.07. The summed E-state index contributed by atoms with van der Waals surface area (Å²) < 4.78 is 0. The number of nitrogens with one attached hydrogen (secondary N) is 1. The fraction of sp³-hybridized carbons (Fsp3) is 0.231. The molecule has 6 heteroatoms. The van der Waals surface area contributed by atoms with Crippen LogP contribution in [0.5, 0.6) is 0 Å². The van der Waals surface area contributed by atoms with E-state index in [9.17, 15) is 9.59 Å². The number of benzene rings is 3. The molecule has 0 bridgehead atoms. The molecule has 0 saturated carbocycles. The molecule has 0 aliphatic carbocycles. The van der Waals surface area contributed by atoms with Crippen molar-refractivity contribution < 1.29 is 9.59 Å². The maximum atomic E-state index is 13.1. The van der Waals surface area contributed by atoms with Gasteiger partial charge < -0.3 is 5.32 Å². The number of hydrogen-bond donors (Lipinski definition) is 1. The van der Waals surface area contributed by atoms with Crippen LogP contribution in [-0.4, -0.2) is 29.7 Å². The summed E-state index contributed by atoms with van der Waals surface area (Å²) in [5.74, 6) is -0.424. The van der Waals surface area contributed by atoms with E-state index >= 15 is 0 Å². The third-order valence-corrected chi connectivity index (χ3v) is 6.35. The van der Waals surface area contributed by atoms with E-state index < -0.39 is 0 Å². The van der Waals surface area contributed by atoms with Gasteiger partial charge in [0.15, 0.2) is 5.78 Å². The minimum atomic E-state index is -0.174. The smallest absolute Gasteiger partial charge is 0.228 e. The van der Waals surface area contributed by atoms with Crippen LogP contribution < -0.4 is 5.32 Å². The van der Waals surface area contributed by atoms with E-state index in [4.69, 9.17) is 23.2 Å². The third kappa shape index (κ3) is 5.39. The minimum Gasteiger partial charge on any atom is -0.325 e. The molecule has 0 aromatic heterocycles. The summed E-state index contributed by atoms with van der Waals surface area (Å²) in [4.78, 5) is 28.4. The van der Waals surface area contributed by atoms with Crippen LogP contribution in [-0.2, 0) is 11.3 Å². The van der Waals surface area contributed by atoms with Gasteiger partial charge >= 0.3 is 0 Å². The van der Waals surface area contributed by atoms with Crippen molar-refractivity contribution in [1.82, 2.24) is 4.90 Å². The lowest BCUT2D eigenvalue weighted by molar-refractivity contribution is -0.121. The molecule has 1 fully saturated rings. The van der Waals surface area contributed by atoms with Crippen LogP contribution in [0.2, 0.25) is 10.0 Å². The van der Waals surface area contributed by atoms with Gasteiger partial charge in [-0.3, -0.25) is 14.5 Å². The van der Waals surface area contributed by atoms with Crippen molar-refractivity contribution in [3.63, 3.8) is 0 Å². The fourth-order valence-corrected chi connectivity index (χ4v) is 4.44. The molecule has 1 saturated heterocycles. The Labute approximate surface area is 198 Å². The number of halogens is 2. The molecule has 0 radical (unpaired) electrons. The van der Waals surface area contributed by atoms with E-state index in [1.165, 1.54) is 0 Å². The van der Waals surface area contributed by atoms with Crippen LogP contribution >= 0.6 is 23.2 Å². The molecule has 1 amide bonds. The van der Waals surface area contributed by atoms with Gasteiger partial charge in [-0.1, -0.05) is 71.7 Å². The zero-order valence-corrected chi connectivity index (χ0v) is 19.1. The molecule has 3 aromatic rings. The number of hydrogen-bond acceptors (Lipinski definition) is 3. The van der Waals surface area contributed by atoms with E-state index in [2.05, 4.69) is 10.2 Å². The topological polar surface area (TPSA) is 49.4 Å². The first-order valence-electron chi connectivity index (χ1n) is 10.7. The second kappa shape index (κ2) is 10.3. The average Bonchev–Trinajstić information content (AvgIpc) is 2.82. The first kappa shape index (κ1) is 22.5. The van der Waals surface area contributed by atoms with Gasteiger partial charge in [-0.05, 0) is 49.2 Å². The highest BCUT2D eigenvalue weighted by molar-refractivity contribution is 6.31. The van der Waals surface area contributed by atoms with Gasteiger partial charge in [0.25, 0.3) is 0 Å². The quantitative estimate of drug-likeness (QED) is 0.448. The van der Waals surface area contributed by atoms with Gasteiger partial charge in [0.05, 0.1) is 11.6 Å². The summed E-state index contributed by atoms with van der Waals surface area (Å²) >= 11 is 12.5. The van der Waals surface area contributed by atoms with Gasteiger partial charge in [0.1, 0.15) is 0 Å². The molecule has 1 atom stereocenters. The summed E-state index contributed by atoms with van der Waals surface area (Å²) in [6, 6.07) is 21.8. The Hall–Kier alpha value is -2.66. The van der Waals surface area contributed by atoms with Crippen molar-refractivity contribution in [2.75, 3.05) is 18.4 Å². The number of carbonyl (C=O) groups is 2. The monoisotopic (exact) mass is 466 g/mol. The second-order valence-electron chi connectivity index (χ2n) is 8.04. The molecule has 1 unspecified atom stereocenters. The van der Waals surface area contributed by atoms with Crippen LogP contribution in [0, 0.1) is 5.92 Å². The Morgan fingerprint density at radius 1 is 0.969 bits per heavy atom. The lowest BCUT2D eigenvalue weighted by atomic mass is 9.96. The lowest BCUT2D eigenvalue weighted by Crippen LogP contribution is -2.40. The number of rotatable bonds is 6. The predicted molar refractivity (Wildman–Crippen MR) is 129 cm³/mol. The van der Waals surface area contributed by atoms with Gasteiger partial charge in [-0.2, -0.15) is 0 Å². The Morgan fingerprint density at radius 3 is 2.50 bits per heavy atom. The van der Waals surface area contributed by atoms with Crippen LogP contribution in [0.25, 0.3) is 0 Å². The molecule has 1 N–H and O–H groups in total. The number of amides is 1. The maximum Gasteiger partial charge on any atom is 0.228 e. The largest absolute Gasteiger partial charge is 0.325 e. The first-order valence-corrected chi connectivity index (χ1v) is 11.4. The number of likely N-dealkylation sites (tertiary alicyclic amines) is 1. The molecular formula is C26H24Cl2N2O2. The Bertz CT molecular complexity index is 1120. The van der Waals surface area contributed by atoms with E-state index in [-0.39, 0.29) is 17.6 Å². The first-order chi connectivity index (χ1) is 15.5. The summed E-state index contributed by atoms with van der Waals surface area (Å²) in [6.45, 7) is 2.28. The Kier molecular flexibility index (Phi) is 7.26.